The summed E-state index contributed by atoms with van der Waals surface area (Å²) in [4.78, 5) is 40.3. The number of aliphatic hydroxyl groups is 2. The SMILES string of the molecule is CCCCCCCCC[C@@H]1O[C@H]1/C=C/C(=O)[C@@]1(O)C(=O)N(C(=O)OC(C)(C)C)[C@H](CO[Si](C)(C)C(C)(C)C)[C@H]1O. The predicted octanol–water partition coefficient (Wildman–Crippen LogP) is 5.28. The van der Waals surface area contributed by atoms with Gasteiger partial charge in [-0.15, -0.1) is 0 Å². The molecule has 0 aromatic carbocycles. The van der Waals surface area contributed by atoms with Crippen molar-refractivity contribution in [2.45, 2.75) is 154 Å². The van der Waals surface area contributed by atoms with Crippen LogP contribution in [0.5, 0.6) is 0 Å². The van der Waals surface area contributed by atoms with Gasteiger partial charge in [0.1, 0.15) is 17.8 Å². The molecule has 0 saturated carbocycles. The van der Waals surface area contributed by atoms with Crippen LogP contribution in [0, 0.1) is 0 Å². The van der Waals surface area contributed by atoms with Crippen LogP contribution in [0.1, 0.15) is 99.8 Å². The fourth-order valence-corrected chi connectivity index (χ4v) is 5.53. The Labute approximate surface area is 241 Å². The molecule has 40 heavy (non-hydrogen) atoms. The summed E-state index contributed by atoms with van der Waals surface area (Å²) in [6.45, 7) is 17.0. The fraction of sp³-hybridized carbons (Fsp3) is 0.833. The number of hydrogen-bond donors (Lipinski definition) is 2. The van der Waals surface area contributed by atoms with E-state index in [-0.39, 0.29) is 23.9 Å². The van der Waals surface area contributed by atoms with E-state index >= 15 is 0 Å². The maximum atomic E-state index is 13.4. The van der Waals surface area contributed by atoms with E-state index in [9.17, 15) is 24.6 Å². The molecule has 2 saturated heterocycles. The summed E-state index contributed by atoms with van der Waals surface area (Å²) in [5, 5.41) is 22.3. The van der Waals surface area contributed by atoms with E-state index in [1.165, 1.54) is 38.2 Å². The van der Waals surface area contributed by atoms with Crippen LogP contribution in [0.4, 0.5) is 4.79 Å². The van der Waals surface area contributed by atoms with Crippen LogP contribution in [0.15, 0.2) is 12.2 Å². The Kier molecular flexibility index (Phi) is 11.8. The molecule has 9 nitrogen and oxygen atoms in total. The molecular weight excluding hydrogens is 530 g/mol. The standard InChI is InChI=1S/C30H53NO8Si/c1-10-11-12-13-14-15-16-17-22-23(38-22)18-19-24(32)30(36)25(33)21(20-37-40(8,9)29(5,6)7)31(26(30)34)27(35)39-28(2,3)4/h18-19,21-23,25,33,36H,10-17,20H2,1-9H3/b19-18+/t21-,22+,23+,25-,30+/m1/s1. The average Bonchev–Trinajstić information content (AvgIpc) is 3.55. The zero-order chi connectivity index (χ0) is 30.5. The molecule has 0 unspecified atom stereocenters. The highest BCUT2D eigenvalue weighted by atomic mass is 28.4. The molecule has 2 fully saturated rings. The van der Waals surface area contributed by atoms with Crippen molar-refractivity contribution in [3.63, 3.8) is 0 Å². The fourth-order valence-electron chi connectivity index (χ4n) is 4.51. The third kappa shape index (κ3) is 8.71. The van der Waals surface area contributed by atoms with E-state index in [1.54, 1.807) is 20.8 Å². The van der Waals surface area contributed by atoms with Gasteiger partial charge >= 0.3 is 6.09 Å². The van der Waals surface area contributed by atoms with Crippen molar-refractivity contribution in [3.8, 4) is 0 Å². The molecule has 5 atom stereocenters. The summed E-state index contributed by atoms with van der Waals surface area (Å²) in [5.74, 6) is -2.22. The van der Waals surface area contributed by atoms with Gasteiger partial charge in [-0.25, -0.2) is 9.69 Å². The first-order valence-electron chi connectivity index (χ1n) is 14.9. The number of ketones is 1. The number of imide groups is 1. The van der Waals surface area contributed by atoms with E-state index in [2.05, 4.69) is 6.92 Å². The van der Waals surface area contributed by atoms with Crippen molar-refractivity contribution in [3.05, 3.63) is 12.2 Å². The number of aliphatic hydroxyl groups excluding tert-OH is 1. The monoisotopic (exact) mass is 583 g/mol. The highest BCUT2D eigenvalue weighted by Crippen LogP contribution is 2.39. The number of ether oxygens (including phenoxy) is 2. The number of unbranched alkanes of at least 4 members (excludes halogenated alkanes) is 6. The Morgan fingerprint density at radius 1 is 1.05 bits per heavy atom. The lowest BCUT2D eigenvalue weighted by molar-refractivity contribution is -0.156. The first kappa shape index (κ1) is 34.6. The quantitative estimate of drug-likeness (QED) is 0.0930. The van der Waals surface area contributed by atoms with E-state index < -0.39 is 49.4 Å². The lowest BCUT2D eigenvalue weighted by atomic mass is 9.91. The predicted molar refractivity (Wildman–Crippen MR) is 156 cm³/mol. The molecule has 230 valence electrons. The van der Waals surface area contributed by atoms with Gasteiger partial charge in [-0.05, 0) is 57.5 Å². The Bertz CT molecular complexity index is 922. The maximum Gasteiger partial charge on any atom is 0.417 e. The van der Waals surface area contributed by atoms with Crippen LogP contribution in [-0.4, -0.2) is 83.4 Å². The largest absolute Gasteiger partial charge is 0.443 e. The average molecular weight is 584 g/mol. The van der Waals surface area contributed by atoms with Crippen molar-refractivity contribution in [2.24, 2.45) is 0 Å². The molecule has 0 bridgehead atoms. The second kappa shape index (κ2) is 13.6. The molecule has 0 aromatic rings. The van der Waals surface area contributed by atoms with Gasteiger partial charge in [0.25, 0.3) is 5.91 Å². The van der Waals surface area contributed by atoms with Crippen LogP contribution in [-0.2, 0) is 23.5 Å². The van der Waals surface area contributed by atoms with Crippen LogP contribution >= 0.6 is 0 Å². The Hall–Kier alpha value is -1.59. The number of epoxide rings is 1. The van der Waals surface area contributed by atoms with Crippen LogP contribution in [0.25, 0.3) is 0 Å². The summed E-state index contributed by atoms with van der Waals surface area (Å²) in [6, 6.07) is -1.29. The maximum absolute atomic E-state index is 13.4. The summed E-state index contributed by atoms with van der Waals surface area (Å²) in [7, 11) is -2.36. The number of hydrogen-bond acceptors (Lipinski definition) is 8. The van der Waals surface area contributed by atoms with E-state index in [1.807, 2.05) is 33.9 Å². The van der Waals surface area contributed by atoms with Gasteiger partial charge in [0, 0.05) is 0 Å². The molecule has 0 spiro atoms. The summed E-state index contributed by atoms with van der Waals surface area (Å²) in [5.41, 5.74) is -3.77. The molecule has 2 heterocycles. The lowest BCUT2D eigenvalue weighted by Gasteiger charge is -2.38. The van der Waals surface area contributed by atoms with Gasteiger partial charge in [-0.2, -0.15) is 0 Å². The smallest absolute Gasteiger partial charge is 0.417 e. The number of rotatable bonds is 14. The van der Waals surface area contributed by atoms with Gasteiger partial charge in [0.15, 0.2) is 14.1 Å². The van der Waals surface area contributed by atoms with Gasteiger partial charge < -0.3 is 24.1 Å². The molecule has 2 rings (SSSR count). The number of carbonyl (C=O) groups excluding carboxylic acids is 3. The van der Waals surface area contributed by atoms with Crippen molar-refractivity contribution < 1.29 is 38.5 Å². The van der Waals surface area contributed by atoms with Crippen molar-refractivity contribution in [1.29, 1.82) is 0 Å². The molecule has 0 aliphatic carbocycles. The minimum atomic E-state index is -2.84. The Balaban J connectivity index is 2.10. The van der Waals surface area contributed by atoms with Gasteiger partial charge in [0.05, 0.1) is 18.8 Å². The number of carbonyl (C=O) groups is 3. The van der Waals surface area contributed by atoms with Crippen LogP contribution < -0.4 is 0 Å². The van der Waals surface area contributed by atoms with Crippen molar-refractivity contribution >= 4 is 26.1 Å². The van der Waals surface area contributed by atoms with Gasteiger partial charge in [-0.1, -0.05) is 72.6 Å². The van der Waals surface area contributed by atoms with Crippen LogP contribution in [0.3, 0.4) is 0 Å². The second-order valence-electron chi connectivity index (χ2n) is 13.8. The van der Waals surface area contributed by atoms with E-state index in [0.29, 0.717) is 4.90 Å². The second-order valence-corrected chi connectivity index (χ2v) is 18.6. The van der Waals surface area contributed by atoms with E-state index in [4.69, 9.17) is 13.9 Å². The zero-order valence-electron chi connectivity index (χ0n) is 26.1. The van der Waals surface area contributed by atoms with Crippen LogP contribution in [0.2, 0.25) is 18.1 Å². The first-order chi connectivity index (χ1) is 18.4. The third-order valence-electron chi connectivity index (χ3n) is 8.21. The zero-order valence-corrected chi connectivity index (χ0v) is 27.1. The normalized spacial score (nSPS) is 27.5. The first-order valence-corrected chi connectivity index (χ1v) is 17.8. The summed E-state index contributed by atoms with van der Waals surface area (Å²) in [6.07, 6.45) is 8.66. The molecule has 2 aliphatic rings. The Morgan fingerprint density at radius 2 is 1.62 bits per heavy atom. The minimum Gasteiger partial charge on any atom is -0.443 e. The minimum absolute atomic E-state index is 0.00235. The molecular formula is C30H53NO8Si. The van der Waals surface area contributed by atoms with Crippen molar-refractivity contribution in [2.75, 3.05) is 6.61 Å². The Morgan fingerprint density at radius 3 is 2.17 bits per heavy atom. The highest BCUT2D eigenvalue weighted by molar-refractivity contribution is 6.74. The molecule has 2 N–H and O–H groups in total. The number of amides is 2. The number of nitrogens with zero attached hydrogens (tertiary/aromatic N) is 1. The van der Waals surface area contributed by atoms with Gasteiger partial charge in [-0.3, -0.25) is 9.59 Å². The summed E-state index contributed by atoms with van der Waals surface area (Å²) >= 11 is 0. The highest BCUT2D eigenvalue weighted by Gasteiger charge is 2.64. The van der Waals surface area contributed by atoms with E-state index in [0.717, 1.165) is 25.3 Å². The third-order valence-corrected chi connectivity index (χ3v) is 12.7. The molecule has 2 aliphatic heterocycles. The lowest BCUT2D eigenvalue weighted by Crippen LogP contribution is -2.53. The van der Waals surface area contributed by atoms with Crippen molar-refractivity contribution in [1.82, 2.24) is 4.90 Å². The molecule has 2 amide bonds. The summed E-state index contributed by atoms with van der Waals surface area (Å²) < 4.78 is 17.2. The topological polar surface area (TPSA) is 126 Å². The number of likely N-dealkylation sites (tertiary alicyclic amines) is 1. The molecule has 0 aromatic heterocycles. The van der Waals surface area contributed by atoms with Gasteiger partial charge in [0.2, 0.25) is 5.60 Å². The molecule has 10 heteroatoms. The molecule has 0 radical (unpaired) electrons.